The molecule has 0 spiro atoms. The number of carbonyl (C=O) groups is 1. The Kier molecular flexibility index (Phi) is 5.49. The molecule has 0 bridgehead atoms. The summed E-state index contributed by atoms with van der Waals surface area (Å²) in [5, 5.41) is 0. The van der Waals surface area contributed by atoms with Crippen LogP contribution in [0.15, 0.2) is 34.4 Å². The molecule has 0 atom stereocenters. The van der Waals surface area contributed by atoms with Gasteiger partial charge in [0.2, 0.25) is 0 Å². The molecule has 0 aliphatic heterocycles. The number of hydrogen-bond donors (Lipinski definition) is 0. The molecule has 0 amide bonds. The monoisotopic (exact) mass is 289 g/mol. The molecule has 0 heterocycles. The summed E-state index contributed by atoms with van der Waals surface area (Å²) in [5.41, 5.74) is 3.21. The van der Waals surface area contributed by atoms with Gasteiger partial charge < -0.3 is 0 Å². The van der Waals surface area contributed by atoms with Crippen molar-refractivity contribution >= 4 is 11.6 Å². The zero-order valence-electron chi connectivity index (χ0n) is 14.5. The molecule has 2 heteroatoms. The third-order valence-corrected chi connectivity index (χ3v) is 4.24. The first-order valence-electron chi connectivity index (χ1n) is 7.72. The summed E-state index contributed by atoms with van der Waals surface area (Å²) < 4.78 is 0. The van der Waals surface area contributed by atoms with E-state index >= 15 is 0 Å². The van der Waals surface area contributed by atoms with Gasteiger partial charge in [-0.05, 0) is 45.6 Å². The molecular formula is C19H29O2+. The fraction of sp³-hybridized carbons (Fsp3) is 0.579. The van der Waals surface area contributed by atoms with Crippen molar-refractivity contribution in [3.63, 3.8) is 0 Å². The molecule has 21 heavy (non-hydrogen) atoms. The molecule has 0 aromatic rings. The van der Waals surface area contributed by atoms with Crippen molar-refractivity contribution in [3.8, 4) is 0 Å². The first-order chi connectivity index (χ1) is 9.56. The molecule has 0 saturated carbocycles. The lowest BCUT2D eigenvalue weighted by molar-refractivity contribution is -0.111. The molecule has 2 nitrogen and oxygen atoms in total. The van der Waals surface area contributed by atoms with Crippen LogP contribution in [0.1, 0.15) is 61.3 Å². The maximum absolute atomic E-state index is 12.0. The van der Waals surface area contributed by atoms with Crippen LogP contribution >= 0.6 is 0 Å². The first kappa shape index (κ1) is 17.6. The number of rotatable bonds is 5. The van der Waals surface area contributed by atoms with E-state index in [4.69, 9.17) is 0 Å². The highest BCUT2D eigenvalue weighted by atomic mass is 16.1. The Morgan fingerprint density at radius 1 is 1.29 bits per heavy atom. The van der Waals surface area contributed by atoms with Crippen molar-refractivity contribution in [2.75, 3.05) is 0 Å². The van der Waals surface area contributed by atoms with E-state index in [-0.39, 0.29) is 17.0 Å². The van der Waals surface area contributed by atoms with Gasteiger partial charge in [-0.2, -0.15) is 0 Å². The minimum atomic E-state index is -0.250. The molecular weight excluding hydrogens is 260 g/mol. The van der Waals surface area contributed by atoms with Crippen molar-refractivity contribution in [3.05, 3.63) is 34.4 Å². The van der Waals surface area contributed by atoms with Crippen LogP contribution < -0.4 is 0 Å². The highest BCUT2D eigenvalue weighted by Gasteiger charge is 2.37. The summed E-state index contributed by atoms with van der Waals surface area (Å²) in [7, 11) is 0. The van der Waals surface area contributed by atoms with Crippen LogP contribution in [0.4, 0.5) is 0 Å². The topological polar surface area (TPSA) is 38.5 Å². The average Bonchev–Trinajstić information content (AvgIpc) is 2.37. The molecule has 0 aromatic carbocycles. The Labute approximate surface area is 129 Å². The van der Waals surface area contributed by atoms with E-state index in [2.05, 4.69) is 40.7 Å². The second kappa shape index (κ2) is 6.55. The highest BCUT2D eigenvalue weighted by molar-refractivity contribution is 6.23. The number of hydrogen-bond acceptors (Lipinski definition) is 1. The molecule has 1 rings (SSSR count). The number of allylic oxidation sites excluding steroid dienone is 6. The van der Waals surface area contributed by atoms with Crippen molar-refractivity contribution in [2.24, 2.45) is 11.3 Å². The van der Waals surface area contributed by atoms with Crippen molar-refractivity contribution < 1.29 is 9.59 Å². The molecule has 1 aliphatic rings. The van der Waals surface area contributed by atoms with Gasteiger partial charge in [-0.25, -0.2) is 0 Å². The van der Waals surface area contributed by atoms with Gasteiger partial charge in [0.05, 0.1) is 11.1 Å². The maximum Gasteiger partial charge on any atom is 0.347 e. The summed E-state index contributed by atoms with van der Waals surface area (Å²) >= 11 is 0. The largest absolute Gasteiger partial charge is 0.347 e. The lowest BCUT2D eigenvalue weighted by Crippen LogP contribution is -2.27. The normalized spacial score (nSPS) is 17.7. The fourth-order valence-electron chi connectivity index (χ4n) is 2.65. The van der Waals surface area contributed by atoms with E-state index in [0.717, 1.165) is 18.4 Å². The van der Waals surface area contributed by atoms with E-state index in [1.54, 1.807) is 13.0 Å². The lowest BCUT2D eigenvalue weighted by Gasteiger charge is -2.26. The van der Waals surface area contributed by atoms with Crippen LogP contribution in [0, 0.1) is 11.3 Å². The van der Waals surface area contributed by atoms with Gasteiger partial charge in [0.25, 0.3) is 0 Å². The van der Waals surface area contributed by atoms with E-state index in [1.807, 2.05) is 6.92 Å². The van der Waals surface area contributed by atoms with Crippen molar-refractivity contribution in [1.29, 1.82) is 0 Å². The summed E-state index contributed by atoms with van der Waals surface area (Å²) in [5.74, 6) is 0.927. The molecule has 0 saturated heterocycles. The summed E-state index contributed by atoms with van der Waals surface area (Å²) in [6.07, 6.45) is 5.74. The Morgan fingerprint density at radius 2 is 1.86 bits per heavy atom. The minimum Gasteiger partial charge on any atom is -0.290 e. The van der Waals surface area contributed by atoms with Crippen LogP contribution in [0.5, 0.6) is 0 Å². The number of carbonyl (C=O) groups excluding carboxylic acids is 2. The smallest absolute Gasteiger partial charge is 0.290 e. The van der Waals surface area contributed by atoms with Crippen LogP contribution in [0.3, 0.4) is 0 Å². The molecule has 0 unspecified atom stereocenters. The predicted molar refractivity (Wildman–Crippen MR) is 90.0 cm³/mol. The SMILES string of the molecule is CC1=C(C)C(=[OH+])C(C(C)(C)C/C=C(\C)CC(C)C)=CC1=O. The van der Waals surface area contributed by atoms with Crippen LogP contribution in [-0.2, 0) is 4.79 Å². The standard InChI is InChI=1S/C19H28O2/c1-12(2)10-13(3)8-9-19(6,7)16-11-17(20)14(4)15(5)18(16)21/h8,11-12H,9-10H2,1-7H3/p+1/b13-8+. The second-order valence-corrected chi connectivity index (χ2v) is 7.26. The molecule has 0 aromatic heterocycles. The third kappa shape index (κ3) is 4.26. The Morgan fingerprint density at radius 3 is 2.38 bits per heavy atom. The predicted octanol–water partition coefficient (Wildman–Crippen LogP) is 4.79. The van der Waals surface area contributed by atoms with Crippen LogP contribution in [0.2, 0.25) is 0 Å². The van der Waals surface area contributed by atoms with Crippen LogP contribution in [0.25, 0.3) is 0 Å². The quantitative estimate of drug-likeness (QED) is 0.407. The zero-order valence-corrected chi connectivity index (χ0v) is 14.5. The lowest BCUT2D eigenvalue weighted by atomic mass is 9.74. The zero-order chi connectivity index (χ0) is 16.4. The molecule has 0 fully saturated rings. The average molecular weight is 289 g/mol. The Bertz CT molecular complexity index is 540. The van der Waals surface area contributed by atoms with Gasteiger partial charge in [0.1, 0.15) is 0 Å². The van der Waals surface area contributed by atoms with Gasteiger partial charge in [-0.3, -0.25) is 9.59 Å². The van der Waals surface area contributed by atoms with Gasteiger partial charge in [-0.15, -0.1) is 0 Å². The van der Waals surface area contributed by atoms with Gasteiger partial charge >= 0.3 is 5.78 Å². The van der Waals surface area contributed by atoms with Gasteiger partial charge in [0, 0.05) is 11.0 Å². The van der Waals surface area contributed by atoms with Gasteiger partial charge in [-0.1, -0.05) is 39.3 Å². The summed E-state index contributed by atoms with van der Waals surface area (Å²) in [6.45, 7) is 14.3. The fourth-order valence-corrected chi connectivity index (χ4v) is 2.65. The second-order valence-electron chi connectivity index (χ2n) is 7.26. The summed E-state index contributed by atoms with van der Waals surface area (Å²) in [4.78, 5) is 22.4. The molecule has 116 valence electrons. The van der Waals surface area contributed by atoms with E-state index in [9.17, 15) is 9.59 Å². The minimum absolute atomic E-state index is 0.0104. The Hall–Kier alpha value is -1.44. The third-order valence-electron chi connectivity index (χ3n) is 4.24. The maximum atomic E-state index is 12.0. The van der Waals surface area contributed by atoms with E-state index in [0.29, 0.717) is 17.1 Å². The molecule has 1 aliphatic carbocycles. The van der Waals surface area contributed by atoms with E-state index < -0.39 is 0 Å². The van der Waals surface area contributed by atoms with Crippen molar-refractivity contribution in [2.45, 2.75) is 61.3 Å². The molecule has 0 radical (unpaired) electrons. The first-order valence-corrected chi connectivity index (χ1v) is 7.72. The van der Waals surface area contributed by atoms with Crippen molar-refractivity contribution in [1.82, 2.24) is 0 Å². The van der Waals surface area contributed by atoms with E-state index in [1.165, 1.54) is 5.57 Å². The Balaban J connectivity index is 2.96. The highest BCUT2D eigenvalue weighted by Crippen LogP contribution is 2.36. The molecule has 1 N–H and O–H groups in total. The van der Waals surface area contributed by atoms with Gasteiger partial charge in [0.15, 0.2) is 5.78 Å². The summed E-state index contributed by atoms with van der Waals surface area (Å²) in [6, 6.07) is 0. The van der Waals surface area contributed by atoms with Crippen LogP contribution in [-0.4, -0.2) is 16.4 Å². The number of ketones is 2.